The highest BCUT2D eigenvalue weighted by Gasteiger charge is 2.48. The topological polar surface area (TPSA) is 68.2 Å². The van der Waals surface area contributed by atoms with E-state index >= 15 is 0 Å². The van der Waals surface area contributed by atoms with Crippen LogP contribution in [0.15, 0.2) is 12.1 Å². The van der Waals surface area contributed by atoms with Crippen LogP contribution in [0.25, 0.3) is 0 Å². The molecule has 0 saturated carbocycles. The first-order chi connectivity index (χ1) is 14.1. The summed E-state index contributed by atoms with van der Waals surface area (Å²) in [5.41, 5.74) is 3.83. The predicted molar refractivity (Wildman–Crippen MR) is 120 cm³/mol. The molecule has 4 rings (SSSR count). The standard InChI is InChI=1S/C22H35N3O3.C2H6/c1-21(2)16-10-14-11-20(18(26)13-23-15-6-8-25(27)9-7-15)28-19(14)12-17(16)22(3,4)24(21)5;1-2/h10,12,15,18,20,23,26-27H,6-9,11,13H2,1-5H3;1-2H3. The van der Waals surface area contributed by atoms with E-state index in [0.29, 0.717) is 25.7 Å². The van der Waals surface area contributed by atoms with Crippen LogP contribution in [0.4, 0.5) is 0 Å². The maximum Gasteiger partial charge on any atom is 0.130 e. The molecule has 1 fully saturated rings. The number of aliphatic hydroxyl groups excluding tert-OH is 1. The molecule has 0 aliphatic carbocycles. The summed E-state index contributed by atoms with van der Waals surface area (Å²) in [7, 11) is 2.19. The zero-order valence-corrected chi connectivity index (χ0v) is 19.8. The third kappa shape index (κ3) is 4.13. The van der Waals surface area contributed by atoms with Crippen LogP contribution in [0.2, 0.25) is 0 Å². The van der Waals surface area contributed by atoms with Gasteiger partial charge in [-0.25, -0.2) is 0 Å². The highest BCUT2D eigenvalue weighted by Crippen LogP contribution is 2.51. The van der Waals surface area contributed by atoms with E-state index in [9.17, 15) is 10.3 Å². The van der Waals surface area contributed by atoms with Crippen molar-refractivity contribution in [1.82, 2.24) is 15.3 Å². The molecule has 6 heteroatoms. The van der Waals surface area contributed by atoms with Gasteiger partial charge in [-0.1, -0.05) is 13.8 Å². The Morgan fingerprint density at radius 2 is 1.67 bits per heavy atom. The first kappa shape index (κ1) is 23.5. The van der Waals surface area contributed by atoms with Crippen LogP contribution in [0.5, 0.6) is 5.75 Å². The Morgan fingerprint density at radius 3 is 2.27 bits per heavy atom. The van der Waals surface area contributed by atoms with Gasteiger partial charge in [0.15, 0.2) is 0 Å². The molecular weight excluding hydrogens is 378 g/mol. The first-order valence-electron chi connectivity index (χ1n) is 11.5. The summed E-state index contributed by atoms with van der Waals surface area (Å²) in [4.78, 5) is 2.42. The molecule has 1 aromatic carbocycles. The largest absolute Gasteiger partial charge is 0.487 e. The Morgan fingerprint density at radius 1 is 1.10 bits per heavy atom. The number of fused-ring (bicyclic) bond motifs is 2. The van der Waals surface area contributed by atoms with E-state index in [1.54, 1.807) is 0 Å². The van der Waals surface area contributed by atoms with Crippen molar-refractivity contribution in [3.63, 3.8) is 0 Å². The summed E-state index contributed by atoms with van der Waals surface area (Å²) in [5.74, 6) is 0.926. The lowest BCUT2D eigenvalue weighted by molar-refractivity contribution is -0.108. The van der Waals surface area contributed by atoms with Crippen molar-refractivity contribution in [2.45, 2.75) is 90.1 Å². The van der Waals surface area contributed by atoms with Gasteiger partial charge in [0.2, 0.25) is 0 Å². The normalized spacial score (nSPS) is 26.4. The minimum absolute atomic E-state index is 0.0201. The van der Waals surface area contributed by atoms with Crippen molar-refractivity contribution in [3.8, 4) is 5.75 Å². The average Bonchev–Trinajstić information content (AvgIpc) is 3.20. The van der Waals surface area contributed by atoms with E-state index in [1.165, 1.54) is 21.8 Å². The number of nitrogens with zero attached hydrogens (tertiary/aromatic N) is 2. The number of piperidine rings is 1. The molecule has 0 bridgehead atoms. The maximum absolute atomic E-state index is 10.7. The van der Waals surface area contributed by atoms with Crippen molar-refractivity contribution < 1.29 is 15.1 Å². The van der Waals surface area contributed by atoms with Gasteiger partial charge in [0.05, 0.1) is 0 Å². The molecule has 3 N–H and O–H groups in total. The van der Waals surface area contributed by atoms with E-state index in [1.807, 2.05) is 13.8 Å². The number of aliphatic hydroxyl groups is 1. The van der Waals surface area contributed by atoms with E-state index in [4.69, 9.17) is 4.74 Å². The number of benzene rings is 1. The predicted octanol–water partition coefficient (Wildman–Crippen LogP) is 3.24. The number of hydroxylamine groups is 2. The molecule has 2 atom stereocenters. The van der Waals surface area contributed by atoms with Gasteiger partial charge in [0.25, 0.3) is 0 Å². The second kappa shape index (κ2) is 8.75. The van der Waals surface area contributed by atoms with Gasteiger partial charge < -0.3 is 20.4 Å². The molecule has 0 radical (unpaired) electrons. The molecule has 1 saturated heterocycles. The van der Waals surface area contributed by atoms with E-state index in [2.05, 4.69) is 57.1 Å². The lowest BCUT2D eigenvalue weighted by atomic mass is 9.88. The van der Waals surface area contributed by atoms with Crippen molar-refractivity contribution in [1.29, 1.82) is 0 Å². The maximum atomic E-state index is 10.7. The second-order valence-electron chi connectivity index (χ2n) is 9.75. The van der Waals surface area contributed by atoms with Crippen LogP contribution in [0.3, 0.4) is 0 Å². The van der Waals surface area contributed by atoms with Gasteiger partial charge in [-0.15, -0.1) is 0 Å². The molecule has 2 unspecified atom stereocenters. The number of ether oxygens (including phenoxy) is 1. The lowest BCUT2D eigenvalue weighted by Crippen LogP contribution is -2.46. The van der Waals surface area contributed by atoms with Crippen LogP contribution in [0.1, 0.15) is 71.1 Å². The van der Waals surface area contributed by atoms with Crippen LogP contribution in [0, 0.1) is 0 Å². The monoisotopic (exact) mass is 419 g/mol. The first-order valence-corrected chi connectivity index (χ1v) is 11.5. The third-order valence-electron chi connectivity index (χ3n) is 7.41. The molecule has 0 aromatic heterocycles. The molecule has 1 aromatic rings. The third-order valence-corrected chi connectivity index (χ3v) is 7.41. The molecule has 3 aliphatic heterocycles. The molecular formula is C24H41N3O3. The van der Waals surface area contributed by atoms with E-state index < -0.39 is 6.10 Å². The summed E-state index contributed by atoms with van der Waals surface area (Å²) in [5, 5.41) is 25.0. The Kier molecular flexibility index (Phi) is 6.85. The fourth-order valence-electron chi connectivity index (χ4n) is 5.09. The smallest absolute Gasteiger partial charge is 0.130 e. The molecule has 3 heterocycles. The van der Waals surface area contributed by atoms with Gasteiger partial charge in [0, 0.05) is 43.2 Å². The van der Waals surface area contributed by atoms with Gasteiger partial charge in [0.1, 0.15) is 18.0 Å². The highest BCUT2D eigenvalue weighted by molar-refractivity contribution is 5.53. The summed E-state index contributed by atoms with van der Waals surface area (Å²) in [6.45, 7) is 15.0. The Balaban J connectivity index is 0.00000124. The summed E-state index contributed by atoms with van der Waals surface area (Å²) >= 11 is 0. The van der Waals surface area contributed by atoms with Crippen molar-refractivity contribution in [2.24, 2.45) is 0 Å². The molecule has 30 heavy (non-hydrogen) atoms. The number of rotatable bonds is 4. The molecule has 0 amide bonds. The fraction of sp³-hybridized carbons (Fsp3) is 0.750. The van der Waals surface area contributed by atoms with Gasteiger partial charge >= 0.3 is 0 Å². The average molecular weight is 420 g/mol. The van der Waals surface area contributed by atoms with Crippen LogP contribution in [-0.2, 0) is 17.5 Å². The van der Waals surface area contributed by atoms with Gasteiger partial charge in [-0.3, -0.25) is 4.90 Å². The summed E-state index contributed by atoms with van der Waals surface area (Å²) < 4.78 is 6.19. The second-order valence-corrected chi connectivity index (χ2v) is 9.75. The fourth-order valence-corrected chi connectivity index (χ4v) is 5.09. The quantitative estimate of drug-likeness (QED) is 0.696. The minimum Gasteiger partial charge on any atom is -0.487 e. The SMILES string of the molecule is CC.CN1C(C)(C)c2cc3c(cc2C1(C)C)OC(C(O)CNC1CCN(O)CC1)C3. The van der Waals surface area contributed by atoms with Crippen molar-refractivity contribution in [2.75, 3.05) is 26.7 Å². The Bertz CT molecular complexity index is 696. The molecule has 0 spiro atoms. The number of hydrogen-bond acceptors (Lipinski definition) is 6. The van der Waals surface area contributed by atoms with Crippen LogP contribution < -0.4 is 10.1 Å². The van der Waals surface area contributed by atoms with Crippen molar-refractivity contribution in [3.05, 3.63) is 28.8 Å². The molecule has 170 valence electrons. The Hall–Kier alpha value is -1.18. The van der Waals surface area contributed by atoms with Crippen LogP contribution >= 0.6 is 0 Å². The van der Waals surface area contributed by atoms with Gasteiger partial charge in [-0.05, 0) is 76.4 Å². The lowest BCUT2D eigenvalue weighted by Gasteiger charge is -2.37. The van der Waals surface area contributed by atoms with E-state index in [-0.39, 0.29) is 17.2 Å². The number of nitrogens with one attached hydrogen (secondary N) is 1. The van der Waals surface area contributed by atoms with Crippen LogP contribution in [-0.4, -0.2) is 65.2 Å². The molecule has 3 aliphatic rings. The summed E-state index contributed by atoms with van der Waals surface area (Å²) in [6, 6.07) is 4.85. The zero-order valence-electron chi connectivity index (χ0n) is 19.8. The van der Waals surface area contributed by atoms with Gasteiger partial charge in [-0.2, -0.15) is 5.06 Å². The molecule has 6 nitrogen and oxygen atoms in total. The number of hydrogen-bond donors (Lipinski definition) is 3. The highest BCUT2D eigenvalue weighted by atomic mass is 16.5. The summed E-state index contributed by atoms with van der Waals surface area (Å²) in [6.07, 6.45) is 1.81. The Labute approximate surface area is 182 Å². The van der Waals surface area contributed by atoms with E-state index in [0.717, 1.165) is 25.0 Å². The van der Waals surface area contributed by atoms with Crippen molar-refractivity contribution >= 4 is 0 Å². The minimum atomic E-state index is -0.543. The zero-order chi connectivity index (χ0) is 22.3.